The smallest absolute Gasteiger partial charge is 0.265 e. The van der Waals surface area contributed by atoms with E-state index in [1.165, 1.54) is 6.07 Å². The van der Waals surface area contributed by atoms with Gasteiger partial charge in [0.05, 0.1) is 7.11 Å². The summed E-state index contributed by atoms with van der Waals surface area (Å²) in [5.41, 5.74) is 3.01. The Bertz CT molecular complexity index is 686. The lowest BCUT2D eigenvalue weighted by Gasteiger charge is -2.09. The molecule has 0 saturated carbocycles. The van der Waals surface area contributed by atoms with Gasteiger partial charge >= 0.3 is 0 Å². The van der Waals surface area contributed by atoms with Crippen LogP contribution in [-0.2, 0) is 4.79 Å². The fourth-order valence-corrected chi connectivity index (χ4v) is 1.83. The molecule has 0 bridgehead atoms. The summed E-state index contributed by atoms with van der Waals surface area (Å²) in [6, 6.07) is 13.3. The van der Waals surface area contributed by atoms with Crippen LogP contribution in [0.4, 0.5) is 5.69 Å². The van der Waals surface area contributed by atoms with Crippen LogP contribution in [0, 0.1) is 0 Å². The number of hydrazine groups is 1. The number of rotatable bonds is 6. The summed E-state index contributed by atoms with van der Waals surface area (Å²) in [5, 5.41) is 2.69. The second kappa shape index (κ2) is 7.81. The fraction of sp³-hybridized carbons (Fsp3) is 0.125. The number of benzene rings is 2. The molecule has 0 fully saturated rings. The molecule has 0 heterocycles. The van der Waals surface area contributed by atoms with Crippen molar-refractivity contribution in [1.82, 2.24) is 5.43 Å². The average molecular weight is 315 g/mol. The summed E-state index contributed by atoms with van der Waals surface area (Å²) >= 11 is 0. The van der Waals surface area contributed by atoms with Gasteiger partial charge in [-0.25, -0.2) is 5.84 Å². The number of amides is 2. The van der Waals surface area contributed by atoms with Gasteiger partial charge in [0.15, 0.2) is 6.61 Å². The third kappa shape index (κ3) is 4.72. The van der Waals surface area contributed by atoms with Gasteiger partial charge in [0, 0.05) is 11.3 Å². The Kier molecular flexibility index (Phi) is 5.54. The number of anilines is 1. The van der Waals surface area contributed by atoms with Crippen LogP contribution in [0.25, 0.3) is 0 Å². The van der Waals surface area contributed by atoms with Crippen LogP contribution in [0.5, 0.6) is 11.5 Å². The number of nitrogens with two attached hydrogens (primary N) is 1. The Morgan fingerprint density at radius 1 is 1.09 bits per heavy atom. The molecular weight excluding hydrogens is 298 g/mol. The molecule has 2 aromatic carbocycles. The minimum absolute atomic E-state index is 0.181. The molecule has 0 saturated heterocycles. The summed E-state index contributed by atoms with van der Waals surface area (Å²) < 4.78 is 10.4. The highest BCUT2D eigenvalue weighted by Gasteiger charge is 2.07. The van der Waals surface area contributed by atoms with Gasteiger partial charge in [0.2, 0.25) is 0 Å². The van der Waals surface area contributed by atoms with Crippen LogP contribution >= 0.6 is 0 Å². The largest absolute Gasteiger partial charge is 0.497 e. The molecule has 7 heteroatoms. The summed E-state index contributed by atoms with van der Waals surface area (Å²) in [7, 11) is 1.57. The lowest BCUT2D eigenvalue weighted by Crippen LogP contribution is -2.29. The Morgan fingerprint density at radius 2 is 1.83 bits per heavy atom. The van der Waals surface area contributed by atoms with Crippen LogP contribution in [0.3, 0.4) is 0 Å². The van der Waals surface area contributed by atoms with Crippen LogP contribution in [-0.4, -0.2) is 25.5 Å². The van der Waals surface area contributed by atoms with Gasteiger partial charge in [-0.2, -0.15) is 0 Å². The topological polar surface area (TPSA) is 103 Å². The van der Waals surface area contributed by atoms with Crippen molar-refractivity contribution in [3.63, 3.8) is 0 Å². The number of hydrogen-bond donors (Lipinski definition) is 3. The number of carbonyl (C=O) groups is 2. The summed E-state index contributed by atoms with van der Waals surface area (Å²) in [6.07, 6.45) is 0. The van der Waals surface area contributed by atoms with E-state index < -0.39 is 5.91 Å². The first-order chi connectivity index (χ1) is 11.1. The van der Waals surface area contributed by atoms with E-state index in [1.807, 2.05) is 5.43 Å². The molecule has 0 aromatic heterocycles. The molecule has 23 heavy (non-hydrogen) atoms. The zero-order valence-corrected chi connectivity index (χ0v) is 12.5. The van der Waals surface area contributed by atoms with Crippen molar-refractivity contribution in [3.8, 4) is 11.5 Å². The van der Waals surface area contributed by atoms with Crippen molar-refractivity contribution in [1.29, 1.82) is 0 Å². The van der Waals surface area contributed by atoms with E-state index >= 15 is 0 Å². The minimum Gasteiger partial charge on any atom is -0.497 e. The standard InChI is InChI=1S/C16H17N3O4/c1-22-13-7-5-12(6-8-13)18-15(20)10-23-14-4-2-3-11(9-14)16(21)19-17/h2-9H,10,17H2,1H3,(H,18,20)(H,19,21). The molecule has 2 amide bonds. The number of nitrogen functional groups attached to an aromatic ring is 1. The predicted octanol–water partition coefficient (Wildman–Crippen LogP) is 1.32. The van der Waals surface area contributed by atoms with Crippen LogP contribution in [0.2, 0.25) is 0 Å². The van der Waals surface area contributed by atoms with Gasteiger partial charge < -0.3 is 14.8 Å². The zero-order valence-electron chi connectivity index (χ0n) is 12.5. The van der Waals surface area contributed by atoms with E-state index in [1.54, 1.807) is 49.6 Å². The van der Waals surface area contributed by atoms with E-state index in [4.69, 9.17) is 15.3 Å². The molecule has 0 aliphatic carbocycles. The monoisotopic (exact) mass is 315 g/mol. The maximum atomic E-state index is 11.8. The second-order valence-electron chi connectivity index (χ2n) is 4.57. The Hall–Kier alpha value is -3.06. The third-order valence-corrected chi connectivity index (χ3v) is 2.97. The van der Waals surface area contributed by atoms with E-state index in [0.717, 1.165) is 0 Å². The molecule has 120 valence electrons. The second-order valence-corrected chi connectivity index (χ2v) is 4.57. The lowest BCUT2D eigenvalue weighted by molar-refractivity contribution is -0.118. The highest BCUT2D eigenvalue weighted by molar-refractivity contribution is 5.94. The van der Waals surface area contributed by atoms with Crippen molar-refractivity contribution < 1.29 is 19.1 Å². The average Bonchev–Trinajstić information content (AvgIpc) is 2.60. The summed E-state index contributed by atoms with van der Waals surface area (Å²) in [5.74, 6) is 5.42. The van der Waals surface area contributed by atoms with Gasteiger partial charge in [-0.05, 0) is 42.5 Å². The first-order valence-corrected chi connectivity index (χ1v) is 6.80. The van der Waals surface area contributed by atoms with Crippen LogP contribution in [0.1, 0.15) is 10.4 Å². The molecule has 7 nitrogen and oxygen atoms in total. The maximum Gasteiger partial charge on any atom is 0.265 e. The molecule has 2 rings (SSSR count). The van der Waals surface area contributed by atoms with Gasteiger partial charge in [0.1, 0.15) is 11.5 Å². The van der Waals surface area contributed by atoms with Crippen molar-refractivity contribution >= 4 is 17.5 Å². The SMILES string of the molecule is COc1ccc(NC(=O)COc2cccc(C(=O)NN)c2)cc1. The zero-order chi connectivity index (χ0) is 16.7. The molecule has 2 aromatic rings. The minimum atomic E-state index is -0.432. The first-order valence-electron chi connectivity index (χ1n) is 6.80. The van der Waals surface area contributed by atoms with Crippen LogP contribution < -0.4 is 26.1 Å². The van der Waals surface area contributed by atoms with Crippen molar-refractivity contribution in [2.24, 2.45) is 5.84 Å². The summed E-state index contributed by atoms with van der Waals surface area (Å²) in [6.45, 7) is -0.181. The van der Waals surface area contributed by atoms with Crippen LogP contribution in [0.15, 0.2) is 48.5 Å². The molecule has 0 spiro atoms. The summed E-state index contributed by atoms with van der Waals surface area (Å²) in [4.78, 5) is 23.3. The molecule has 4 N–H and O–H groups in total. The Morgan fingerprint density at radius 3 is 2.48 bits per heavy atom. The molecule has 0 radical (unpaired) electrons. The van der Waals surface area contributed by atoms with Gasteiger partial charge in [-0.3, -0.25) is 15.0 Å². The number of methoxy groups -OCH3 is 1. The van der Waals surface area contributed by atoms with Gasteiger partial charge in [0.25, 0.3) is 11.8 Å². The Balaban J connectivity index is 1.89. The van der Waals surface area contributed by atoms with Crippen molar-refractivity contribution in [2.75, 3.05) is 19.0 Å². The van der Waals surface area contributed by atoms with Gasteiger partial charge in [-0.1, -0.05) is 6.07 Å². The highest BCUT2D eigenvalue weighted by Crippen LogP contribution is 2.16. The van der Waals surface area contributed by atoms with Crippen molar-refractivity contribution in [3.05, 3.63) is 54.1 Å². The molecule has 0 aliphatic rings. The number of ether oxygens (including phenoxy) is 2. The maximum absolute atomic E-state index is 11.8. The van der Waals surface area contributed by atoms with E-state index in [0.29, 0.717) is 22.7 Å². The lowest BCUT2D eigenvalue weighted by atomic mass is 10.2. The third-order valence-electron chi connectivity index (χ3n) is 2.97. The highest BCUT2D eigenvalue weighted by atomic mass is 16.5. The van der Waals surface area contributed by atoms with E-state index in [-0.39, 0.29) is 12.5 Å². The normalized spacial score (nSPS) is 9.83. The molecular formula is C16H17N3O4. The number of carbonyl (C=O) groups excluding carboxylic acids is 2. The molecule has 0 atom stereocenters. The first kappa shape index (κ1) is 16.3. The predicted molar refractivity (Wildman–Crippen MR) is 85.2 cm³/mol. The Labute approximate surface area is 133 Å². The number of nitrogens with one attached hydrogen (secondary N) is 2. The number of hydrogen-bond acceptors (Lipinski definition) is 5. The van der Waals surface area contributed by atoms with E-state index in [9.17, 15) is 9.59 Å². The van der Waals surface area contributed by atoms with Gasteiger partial charge in [-0.15, -0.1) is 0 Å². The van der Waals surface area contributed by atoms with E-state index in [2.05, 4.69) is 5.32 Å². The molecule has 0 unspecified atom stereocenters. The quantitative estimate of drug-likeness (QED) is 0.424. The van der Waals surface area contributed by atoms with Crippen molar-refractivity contribution in [2.45, 2.75) is 0 Å². The fourth-order valence-electron chi connectivity index (χ4n) is 1.83. The molecule has 0 aliphatic heterocycles.